The first-order valence-electron chi connectivity index (χ1n) is 4.78. The van der Waals surface area contributed by atoms with Gasteiger partial charge in [-0.05, 0) is 11.4 Å². The van der Waals surface area contributed by atoms with Crippen LogP contribution in [0.25, 0.3) is 0 Å². The first-order chi connectivity index (χ1) is 8.08. The lowest BCUT2D eigenvalue weighted by Gasteiger charge is -2.07. The average Bonchev–Trinajstić information content (AvgIpc) is 2.68. The standard InChI is InChI=1S/C11H9F3N2S/c12-6-3-8(14)10(4-7(6)13)16-5-11-9(15)1-2-17-11/h1-4,16H,5,15H2. The summed E-state index contributed by atoms with van der Waals surface area (Å²) in [5.74, 6) is -3.13. The maximum atomic E-state index is 13.3. The number of rotatable bonds is 3. The van der Waals surface area contributed by atoms with Gasteiger partial charge in [0.15, 0.2) is 11.6 Å². The highest BCUT2D eigenvalue weighted by Crippen LogP contribution is 2.23. The van der Waals surface area contributed by atoms with Gasteiger partial charge in [0.05, 0.1) is 12.2 Å². The van der Waals surface area contributed by atoms with Crippen LogP contribution in [0.3, 0.4) is 0 Å². The van der Waals surface area contributed by atoms with Gasteiger partial charge in [-0.15, -0.1) is 11.3 Å². The second-order valence-electron chi connectivity index (χ2n) is 3.40. The van der Waals surface area contributed by atoms with Crippen molar-refractivity contribution in [3.63, 3.8) is 0 Å². The fraction of sp³-hybridized carbons (Fsp3) is 0.0909. The van der Waals surface area contributed by atoms with Crippen molar-refractivity contribution in [2.75, 3.05) is 11.1 Å². The molecular weight excluding hydrogens is 249 g/mol. The molecule has 1 aromatic carbocycles. The van der Waals surface area contributed by atoms with Gasteiger partial charge in [-0.1, -0.05) is 0 Å². The molecule has 0 aliphatic carbocycles. The Morgan fingerprint density at radius 3 is 2.47 bits per heavy atom. The topological polar surface area (TPSA) is 38.0 Å². The molecule has 0 aliphatic heterocycles. The van der Waals surface area contributed by atoms with Crippen molar-refractivity contribution in [3.05, 3.63) is 45.9 Å². The Labute approximate surface area is 99.9 Å². The molecule has 90 valence electrons. The molecule has 0 unspecified atom stereocenters. The number of nitrogens with one attached hydrogen (secondary N) is 1. The van der Waals surface area contributed by atoms with E-state index in [9.17, 15) is 13.2 Å². The molecule has 0 fully saturated rings. The molecule has 6 heteroatoms. The Balaban J connectivity index is 2.14. The largest absolute Gasteiger partial charge is 0.398 e. The Morgan fingerprint density at radius 1 is 1.12 bits per heavy atom. The zero-order valence-corrected chi connectivity index (χ0v) is 9.45. The van der Waals surface area contributed by atoms with Crippen molar-refractivity contribution in [2.24, 2.45) is 0 Å². The third-order valence-corrected chi connectivity index (χ3v) is 3.17. The van der Waals surface area contributed by atoms with Crippen LogP contribution in [-0.2, 0) is 6.54 Å². The minimum absolute atomic E-state index is 0.0864. The summed E-state index contributed by atoms with van der Waals surface area (Å²) < 4.78 is 38.8. The summed E-state index contributed by atoms with van der Waals surface area (Å²) in [6.45, 7) is 0.269. The van der Waals surface area contributed by atoms with Crippen molar-refractivity contribution < 1.29 is 13.2 Å². The van der Waals surface area contributed by atoms with E-state index in [0.717, 1.165) is 10.9 Å². The Morgan fingerprint density at radius 2 is 1.82 bits per heavy atom. The molecule has 2 aromatic rings. The van der Waals surface area contributed by atoms with E-state index in [-0.39, 0.29) is 12.2 Å². The molecule has 2 rings (SSSR count). The highest BCUT2D eigenvalue weighted by molar-refractivity contribution is 7.10. The van der Waals surface area contributed by atoms with E-state index in [1.165, 1.54) is 11.3 Å². The van der Waals surface area contributed by atoms with E-state index in [1.54, 1.807) is 11.4 Å². The van der Waals surface area contributed by atoms with Crippen molar-refractivity contribution in [3.8, 4) is 0 Å². The summed E-state index contributed by atoms with van der Waals surface area (Å²) in [7, 11) is 0. The van der Waals surface area contributed by atoms with Crippen molar-refractivity contribution in [1.82, 2.24) is 0 Å². The van der Waals surface area contributed by atoms with Crippen LogP contribution in [0.5, 0.6) is 0 Å². The van der Waals surface area contributed by atoms with Crippen LogP contribution < -0.4 is 11.1 Å². The van der Waals surface area contributed by atoms with Crippen LogP contribution in [0.1, 0.15) is 4.88 Å². The molecule has 0 spiro atoms. The Hall–Kier alpha value is -1.69. The van der Waals surface area contributed by atoms with E-state index in [2.05, 4.69) is 5.32 Å². The molecular formula is C11H9F3N2S. The molecule has 2 nitrogen and oxygen atoms in total. The van der Waals surface area contributed by atoms with Crippen molar-refractivity contribution >= 4 is 22.7 Å². The van der Waals surface area contributed by atoms with Gasteiger partial charge >= 0.3 is 0 Å². The van der Waals surface area contributed by atoms with E-state index < -0.39 is 17.5 Å². The first kappa shape index (κ1) is 11.8. The van der Waals surface area contributed by atoms with Gasteiger partial charge in [0.25, 0.3) is 0 Å². The smallest absolute Gasteiger partial charge is 0.161 e. The van der Waals surface area contributed by atoms with E-state index >= 15 is 0 Å². The monoisotopic (exact) mass is 258 g/mol. The van der Waals surface area contributed by atoms with Gasteiger partial charge in [-0.3, -0.25) is 0 Å². The van der Waals surface area contributed by atoms with Gasteiger partial charge in [-0.2, -0.15) is 0 Å². The Kier molecular flexibility index (Phi) is 3.23. The summed E-state index contributed by atoms with van der Waals surface area (Å²) in [5.41, 5.74) is 6.14. The van der Waals surface area contributed by atoms with E-state index in [1.807, 2.05) is 0 Å². The summed E-state index contributed by atoms with van der Waals surface area (Å²) >= 11 is 1.40. The molecule has 0 aliphatic rings. The van der Waals surface area contributed by atoms with Gasteiger partial charge in [-0.25, -0.2) is 13.2 Å². The lowest BCUT2D eigenvalue weighted by atomic mass is 10.2. The highest BCUT2D eigenvalue weighted by atomic mass is 32.1. The number of anilines is 2. The third kappa shape index (κ3) is 2.52. The molecule has 0 radical (unpaired) electrons. The quantitative estimate of drug-likeness (QED) is 0.828. The molecule has 0 saturated heterocycles. The molecule has 0 saturated carbocycles. The molecule has 0 amide bonds. The fourth-order valence-electron chi connectivity index (χ4n) is 1.33. The maximum absolute atomic E-state index is 13.3. The number of thiophene rings is 1. The van der Waals surface area contributed by atoms with Gasteiger partial charge in [0.2, 0.25) is 0 Å². The third-order valence-electron chi connectivity index (χ3n) is 2.23. The number of hydrogen-bond donors (Lipinski definition) is 2. The lowest BCUT2D eigenvalue weighted by Crippen LogP contribution is -2.03. The zero-order chi connectivity index (χ0) is 12.4. The summed E-state index contributed by atoms with van der Waals surface area (Å²) in [6.07, 6.45) is 0. The minimum atomic E-state index is -1.20. The molecule has 0 bridgehead atoms. The van der Waals surface area contributed by atoms with Crippen LogP contribution in [0, 0.1) is 17.5 Å². The number of nitrogen functional groups attached to an aromatic ring is 1. The summed E-state index contributed by atoms with van der Waals surface area (Å²) in [6, 6.07) is 3.02. The fourth-order valence-corrected chi connectivity index (χ4v) is 2.07. The number of benzene rings is 1. The van der Waals surface area contributed by atoms with Crippen LogP contribution in [-0.4, -0.2) is 0 Å². The van der Waals surface area contributed by atoms with Crippen LogP contribution in [0.2, 0.25) is 0 Å². The lowest BCUT2D eigenvalue weighted by molar-refractivity contribution is 0.496. The SMILES string of the molecule is Nc1ccsc1CNc1cc(F)c(F)cc1F. The van der Waals surface area contributed by atoms with E-state index in [4.69, 9.17) is 5.73 Å². The number of halogens is 3. The second kappa shape index (κ2) is 4.67. The normalized spacial score (nSPS) is 10.5. The summed E-state index contributed by atoms with van der Waals surface area (Å²) in [5, 5.41) is 4.47. The first-order valence-corrected chi connectivity index (χ1v) is 5.66. The maximum Gasteiger partial charge on any atom is 0.161 e. The van der Waals surface area contributed by atoms with E-state index in [0.29, 0.717) is 11.8 Å². The molecule has 3 N–H and O–H groups in total. The van der Waals surface area contributed by atoms with Gasteiger partial charge in [0.1, 0.15) is 5.82 Å². The van der Waals surface area contributed by atoms with Crippen LogP contribution in [0.15, 0.2) is 23.6 Å². The van der Waals surface area contributed by atoms with Gasteiger partial charge in [0, 0.05) is 22.7 Å². The molecule has 1 heterocycles. The predicted molar refractivity (Wildman–Crippen MR) is 62.4 cm³/mol. The zero-order valence-electron chi connectivity index (χ0n) is 8.64. The number of nitrogens with two attached hydrogens (primary N) is 1. The molecule has 1 aromatic heterocycles. The van der Waals surface area contributed by atoms with Crippen LogP contribution >= 0.6 is 11.3 Å². The summed E-state index contributed by atoms with van der Waals surface area (Å²) in [4.78, 5) is 0.814. The number of hydrogen-bond acceptors (Lipinski definition) is 3. The van der Waals surface area contributed by atoms with Crippen LogP contribution in [0.4, 0.5) is 24.5 Å². The Bertz CT molecular complexity index is 540. The predicted octanol–water partition coefficient (Wildman–Crippen LogP) is 3.36. The minimum Gasteiger partial charge on any atom is -0.398 e. The highest BCUT2D eigenvalue weighted by Gasteiger charge is 2.10. The van der Waals surface area contributed by atoms with Crippen molar-refractivity contribution in [1.29, 1.82) is 0 Å². The van der Waals surface area contributed by atoms with Gasteiger partial charge < -0.3 is 11.1 Å². The molecule has 17 heavy (non-hydrogen) atoms. The molecule has 0 atom stereocenters. The second-order valence-corrected chi connectivity index (χ2v) is 4.40. The van der Waals surface area contributed by atoms with Crippen molar-refractivity contribution in [2.45, 2.75) is 6.54 Å². The average molecular weight is 258 g/mol.